The Morgan fingerprint density at radius 1 is 0.322 bits per heavy atom. The van der Waals surface area contributed by atoms with Gasteiger partial charge >= 0.3 is 0 Å². The zero-order valence-electron chi connectivity index (χ0n) is 33.0. The van der Waals surface area contributed by atoms with Gasteiger partial charge in [0.2, 0.25) is 0 Å². The standard InChI is InChI=1S/C57H40N2/c1-57(2)52-35-41-24-13-12-23-40(41)33-51(52)48-28-16-27-47(55(48)57)46-31-32-49(45-26-15-14-25-44(45)46)56-58-53(39-21-10-5-11-22-39)36-54(59-56)42-29-30-43(37-17-6-3-7-18-37)50(34-42)38-19-8-4-9-20-38/h3-36H,1-2H3. The van der Waals surface area contributed by atoms with Crippen molar-refractivity contribution in [2.75, 3.05) is 0 Å². The monoisotopic (exact) mass is 752 g/mol. The van der Waals surface area contributed by atoms with Crippen molar-refractivity contribution < 1.29 is 0 Å². The third-order valence-electron chi connectivity index (χ3n) is 12.3. The third-order valence-corrected chi connectivity index (χ3v) is 12.3. The lowest BCUT2D eigenvalue weighted by molar-refractivity contribution is 0.663. The Bertz CT molecular complexity index is 3220. The highest BCUT2D eigenvalue weighted by Gasteiger charge is 2.38. The Morgan fingerprint density at radius 3 is 1.51 bits per heavy atom. The van der Waals surface area contributed by atoms with Crippen molar-refractivity contribution >= 4 is 21.5 Å². The minimum Gasteiger partial charge on any atom is -0.228 e. The maximum Gasteiger partial charge on any atom is 0.161 e. The van der Waals surface area contributed by atoms with Gasteiger partial charge in [0, 0.05) is 22.1 Å². The van der Waals surface area contributed by atoms with Crippen LogP contribution in [0.1, 0.15) is 25.0 Å². The van der Waals surface area contributed by atoms with Crippen LogP contribution in [0, 0.1) is 0 Å². The van der Waals surface area contributed by atoms with Crippen LogP contribution < -0.4 is 0 Å². The van der Waals surface area contributed by atoms with E-state index in [9.17, 15) is 0 Å². The first-order valence-corrected chi connectivity index (χ1v) is 20.4. The molecule has 0 saturated carbocycles. The minimum absolute atomic E-state index is 0.179. The topological polar surface area (TPSA) is 25.8 Å². The van der Waals surface area contributed by atoms with Crippen molar-refractivity contribution in [3.8, 4) is 78.4 Å². The van der Waals surface area contributed by atoms with Gasteiger partial charge in [-0.3, -0.25) is 0 Å². The molecule has 0 amide bonds. The van der Waals surface area contributed by atoms with E-state index < -0.39 is 0 Å². The molecular weight excluding hydrogens is 713 g/mol. The molecule has 1 aliphatic carbocycles. The molecule has 2 heteroatoms. The van der Waals surface area contributed by atoms with Gasteiger partial charge in [0.05, 0.1) is 11.4 Å². The molecule has 0 radical (unpaired) electrons. The van der Waals surface area contributed by atoms with Crippen LogP contribution in [0.25, 0.3) is 100.0 Å². The Hall–Kier alpha value is -7.42. The first kappa shape index (κ1) is 34.8. The Labute approximate surface area is 345 Å². The SMILES string of the molecule is CC1(C)c2cc3ccccc3cc2-c2cccc(-c3ccc(-c4nc(-c5ccccc5)cc(-c5ccc(-c6ccccc6)c(-c6ccccc6)c5)n4)c4ccccc34)c21. The van der Waals surface area contributed by atoms with Gasteiger partial charge in [-0.1, -0.05) is 190 Å². The van der Waals surface area contributed by atoms with Gasteiger partial charge in [0.25, 0.3) is 0 Å². The van der Waals surface area contributed by atoms with Crippen LogP contribution in [0.15, 0.2) is 206 Å². The number of hydrogen-bond acceptors (Lipinski definition) is 2. The highest BCUT2D eigenvalue weighted by molar-refractivity contribution is 6.06. The number of aromatic nitrogens is 2. The molecule has 1 aromatic heterocycles. The Balaban J connectivity index is 1.09. The average molecular weight is 753 g/mol. The van der Waals surface area contributed by atoms with Crippen LogP contribution in [0.2, 0.25) is 0 Å². The highest BCUT2D eigenvalue weighted by atomic mass is 14.9. The largest absolute Gasteiger partial charge is 0.228 e. The molecule has 0 N–H and O–H groups in total. The maximum atomic E-state index is 5.41. The molecule has 2 nitrogen and oxygen atoms in total. The predicted molar refractivity (Wildman–Crippen MR) is 247 cm³/mol. The Morgan fingerprint density at radius 2 is 0.831 bits per heavy atom. The van der Waals surface area contributed by atoms with Crippen LogP contribution in [-0.2, 0) is 5.41 Å². The lowest BCUT2D eigenvalue weighted by Crippen LogP contribution is -2.16. The van der Waals surface area contributed by atoms with Gasteiger partial charge in [-0.25, -0.2) is 9.97 Å². The summed E-state index contributed by atoms with van der Waals surface area (Å²) in [4.78, 5) is 10.7. The number of hydrogen-bond donors (Lipinski definition) is 0. The normalized spacial score (nSPS) is 12.7. The first-order valence-electron chi connectivity index (χ1n) is 20.4. The Kier molecular flexibility index (Phi) is 8.20. The number of benzene rings is 9. The van der Waals surface area contributed by atoms with E-state index in [0.717, 1.165) is 33.5 Å². The van der Waals surface area contributed by atoms with Crippen molar-refractivity contribution in [1.82, 2.24) is 9.97 Å². The maximum absolute atomic E-state index is 5.41. The molecule has 11 rings (SSSR count). The van der Waals surface area contributed by atoms with Gasteiger partial charge in [-0.05, 0) is 108 Å². The van der Waals surface area contributed by atoms with E-state index in [1.165, 1.54) is 71.8 Å². The fraction of sp³-hybridized carbons (Fsp3) is 0.0526. The quantitative estimate of drug-likeness (QED) is 0.169. The van der Waals surface area contributed by atoms with E-state index in [0.29, 0.717) is 5.82 Å². The van der Waals surface area contributed by atoms with Crippen LogP contribution in [0.5, 0.6) is 0 Å². The second-order valence-corrected chi connectivity index (χ2v) is 16.1. The van der Waals surface area contributed by atoms with E-state index in [4.69, 9.17) is 9.97 Å². The van der Waals surface area contributed by atoms with E-state index in [-0.39, 0.29) is 5.41 Å². The van der Waals surface area contributed by atoms with Crippen LogP contribution in [0.4, 0.5) is 0 Å². The molecule has 0 fully saturated rings. The summed E-state index contributed by atoms with van der Waals surface area (Å²) in [5.41, 5.74) is 17.3. The van der Waals surface area contributed by atoms with Gasteiger partial charge < -0.3 is 0 Å². The number of fused-ring (bicyclic) bond motifs is 5. The molecular formula is C57H40N2. The second-order valence-electron chi connectivity index (χ2n) is 16.1. The predicted octanol–water partition coefficient (Wildman–Crippen LogP) is 15.1. The molecule has 0 spiro atoms. The molecule has 0 atom stereocenters. The van der Waals surface area contributed by atoms with E-state index in [1.807, 2.05) is 0 Å². The summed E-state index contributed by atoms with van der Waals surface area (Å²) in [6, 6.07) is 74.2. The molecule has 0 saturated heterocycles. The van der Waals surface area contributed by atoms with Crippen LogP contribution in [0.3, 0.4) is 0 Å². The lowest BCUT2D eigenvalue weighted by atomic mass is 9.78. The van der Waals surface area contributed by atoms with Crippen molar-refractivity contribution in [2.45, 2.75) is 19.3 Å². The molecule has 0 bridgehead atoms. The van der Waals surface area contributed by atoms with E-state index >= 15 is 0 Å². The van der Waals surface area contributed by atoms with Crippen LogP contribution >= 0.6 is 0 Å². The summed E-state index contributed by atoms with van der Waals surface area (Å²) in [5.74, 6) is 0.704. The van der Waals surface area contributed by atoms with Crippen LogP contribution in [-0.4, -0.2) is 9.97 Å². The lowest BCUT2D eigenvalue weighted by Gasteiger charge is -2.25. The fourth-order valence-electron chi connectivity index (χ4n) is 9.42. The summed E-state index contributed by atoms with van der Waals surface area (Å²) < 4.78 is 0. The highest BCUT2D eigenvalue weighted by Crippen LogP contribution is 2.54. The molecule has 0 aliphatic heterocycles. The number of rotatable bonds is 6. The van der Waals surface area contributed by atoms with Crippen molar-refractivity contribution in [3.63, 3.8) is 0 Å². The van der Waals surface area contributed by atoms with Crippen molar-refractivity contribution in [1.29, 1.82) is 0 Å². The van der Waals surface area contributed by atoms with Crippen molar-refractivity contribution in [2.24, 2.45) is 0 Å². The molecule has 0 unspecified atom stereocenters. The fourth-order valence-corrected chi connectivity index (χ4v) is 9.42. The average Bonchev–Trinajstić information content (AvgIpc) is 3.53. The summed E-state index contributed by atoms with van der Waals surface area (Å²) >= 11 is 0. The zero-order valence-corrected chi connectivity index (χ0v) is 33.0. The first-order chi connectivity index (χ1) is 29.0. The van der Waals surface area contributed by atoms with E-state index in [1.54, 1.807) is 0 Å². The molecule has 278 valence electrons. The third kappa shape index (κ3) is 5.87. The summed E-state index contributed by atoms with van der Waals surface area (Å²) in [6.45, 7) is 4.76. The second kappa shape index (κ2) is 13.9. The molecule has 1 aliphatic rings. The molecule has 10 aromatic rings. The summed E-state index contributed by atoms with van der Waals surface area (Å²) in [7, 11) is 0. The van der Waals surface area contributed by atoms with Gasteiger partial charge in [0.1, 0.15) is 0 Å². The van der Waals surface area contributed by atoms with Crippen molar-refractivity contribution in [3.05, 3.63) is 217 Å². The molecule has 59 heavy (non-hydrogen) atoms. The molecule has 9 aromatic carbocycles. The van der Waals surface area contributed by atoms with Gasteiger partial charge in [0.15, 0.2) is 5.82 Å². The summed E-state index contributed by atoms with van der Waals surface area (Å²) in [5, 5.41) is 4.87. The number of nitrogens with zero attached hydrogens (tertiary/aromatic N) is 2. The van der Waals surface area contributed by atoms with Gasteiger partial charge in [-0.2, -0.15) is 0 Å². The summed E-state index contributed by atoms with van der Waals surface area (Å²) in [6.07, 6.45) is 0. The smallest absolute Gasteiger partial charge is 0.161 e. The van der Waals surface area contributed by atoms with Gasteiger partial charge in [-0.15, -0.1) is 0 Å². The molecule has 1 heterocycles. The van der Waals surface area contributed by atoms with E-state index in [2.05, 4.69) is 220 Å². The zero-order chi connectivity index (χ0) is 39.5. The minimum atomic E-state index is -0.179.